The summed E-state index contributed by atoms with van der Waals surface area (Å²) in [6, 6.07) is 32.4. The first-order valence-corrected chi connectivity index (χ1v) is 15.1. The van der Waals surface area contributed by atoms with Gasteiger partial charge in [-0.25, -0.2) is 0 Å². The van der Waals surface area contributed by atoms with Gasteiger partial charge in [0.25, 0.3) is 0 Å². The zero-order valence-corrected chi connectivity index (χ0v) is 24.2. The molecule has 0 radical (unpaired) electrons. The topological polar surface area (TPSA) is 40.5 Å². The number of allylic oxidation sites excluding steroid dienone is 4. The number of rotatable bonds is 6. The molecule has 208 valence electrons. The highest BCUT2D eigenvalue weighted by atomic mass is 16.3. The van der Waals surface area contributed by atoms with Gasteiger partial charge in [0.05, 0.1) is 0 Å². The van der Waals surface area contributed by atoms with Crippen LogP contribution in [0.5, 0.6) is 11.5 Å². The molecule has 4 aromatic carbocycles. The van der Waals surface area contributed by atoms with E-state index in [1.54, 1.807) is 0 Å². The van der Waals surface area contributed by atoms with E-state index in [-0.39, 0.29) is 5.41 Å². The van der Waals surface area contributed by atoms with Crippen molar-refractivity contribution in [2.45, 2.75) is 52.4 Å². The molecule has 41 heavy (non-hydrogen) atoms. The van der Waals surface area contributed by atoms with Crippen LogP contribution in [0.4, 0.5) is 0 Å². The lowest BCUT2D eigenvalue weighted by atomic mass is 9.61. The molecule has 0 aliphatic heterocycles. The van der Waals surface area contributed by atoms with E-state index in [0.717, 1.165) is 47.9 Å². The maximum absolute atomic E-state index is 10.5. The predicted octanol–water partition coefficient (Wildman–Crippen LogP) is 10.5. The minimum Gasteiger partial charge on any atom is -0.507 e. The molecule has 6 rings (SSSR count). The van der Waals surface area contributed by atoms with Gasteiger partial charge in [0.15, 0.2) is 0 Å². The monoisotopic (exact) mass is 540 g/mol. The van der Waals surface area contributed by atoms with Crippen molar-refractivity contribution in [2.24, 2.45) is 17.3 Å². The molecule has 2 aliphatic carbocycles. The Morgan fingerprint density at radius 3 is 1.32 bits per heavy atom. The van der Waals surface area contributed by atoms with Crippen molar-refractivity contribution in [2.75, 3.05) is 0 Å². The quantitative estimate of drug-likeness (QED) is 0.255. The maximum Gasteiger partial charge on any atom is 0.123 e. The van der Waals surface area contributed by atoms with Gasteiger partial charge in [-0.15, -0.1) is 0 Å². The SMILES string of the molecule is CC(C)(C1CC=C(c2ccc(O)c(-c3ccccc3)c2)CC1)C1CC=C(c2ccc(O)c(-c3ccccc3)c2)CC1. The van der Waals surface area contributed by atoms with Gasteiger partial charge in [-0.2, -0.15) is 0 Å². The predicted molar refractivity (Wildman–Crippen MR) is 172 cm³/mol. The molecule has 2 N–H and O–H groups in total. The first-order valence-electron chi connectivity index (χ1n) is 15.1. The molecule has 0 fully saturated rings. The standard InChI is InChI=1S/C39H40O2/c1-39(2,33-19-13-27(14-20-33)31-17-23-37(40)35(25-31)29-9-5-3-6-10-29)34-21-15-28(16-22-34)32-18-24-38(41)36(26-32)30-11-7-4-8-12-30/h3-13,15,17-18,23-26,33-34,40-41H,14,16,19-22H2,1-2H3. The molecule has 2 unspecified atom stereocenters. The van der Waals surface area contributed by atoms with E-state index < -0.39 is 0 Å². The van der Waals surface area contributed by atoms with Crippen LogP contribution in [0.15, 0.2) is 109 Å². The molecule has 2 atom stereocenters. The fourth-order valence-corrected chi connectivity index (χ4v) is 7.05. The van der Waals surface area contributed by atoms with Crippen LogP contribution >= 0.6 is 0 Å². The highest BCUT2D eigenvalue weighted by Gasteiger charge is 2.38. The van der Waals surface area contributed by atoms with Gasteiger partial charge in [0.2, 0.25) is 0 Å². The average Bonchev–Trinajstić information content (AvgIpc) is 3.02. The summed E-state index contributed by atoms with van der Waals surface area (Å²) in [5.74, 6) is 2.00. The second-order valence-electron chi connectivity index (χ2n) is 12.4. The summed E-state index contributed by atoms with van der Waals surface area (Å²) in [5, 5.41) is 21.0. The Morgan fingerprint density at radius 1 is 0.537 bits per heavy atom. The van der Waals surface area contributed by atoms with Crippen LogP contribution in [-0.4, -0.2) is 10.2 Å². The maximum atomic E-state index is 10.5. The molecule has 0 aromatic heterocycles. The summed E-state index contributed by atoms with van der Waals surface area (Å²) >= 11 is 0. The third-order valence-electron chi connectivity index (χ3n) is 9.83. The fraction of sp³-hybridized carbons (Fsp3) is 0.282. The summed E-state index contributed by atoms with van der Waals surface area (Å²) in [7, 11) is 0. The molecular weight excluding hydrogens is 500 g/mol. The molecule has 0 amide bonds. The minimum atomic E-state index is 0.262. The van der Waals surface area contributed by atoms with Crippen molar-refractivity contribution in [1.29, 1.82) is 0 Å². The Morgan fingerprint density at radius 2 is 0.951 bits per heavy atom. The Balaban J connectivity index is 1.14. The lowest BCUT2D eigenvalue weighted by Crippen LogP contribution is -2.34. The van der Waals surface area contributed by atoms with E-state index in [9.17, 15) is 10.2 Å². The first-order chi connectivity index (χ1) is 19.9. The van der Waals surface area contributed by atoms with Crippen LogP contribution in [0, 0.1) is 17.3 Å². The zero-order valence-electron chi connectivity index (χ0n) is 24.2. The van der Waals surface area contributed by atoms with Gasteiger partial charge in [-0.05, 0) is 113 Å². The van der Waals surface area contributed by atoms with Crippen molar-refractivity contribution >= 4 is 11.1 Å². The van der Waals surface area contributed by atoms with E-state index in [0.29, 0.717) is 23.3 Å². The molecule has 0 saturated carbocycles. The number of hydrogen-bond acceptors (Lipinski definition) is 2. The molecule has 0 bridgehead atoms. The lowest BCUT2D eigenvalue weighted by Gasteiger charge is -2.44. The smallest absolute Gasteiger partial charge is 0.123 e. The third kappa shape index (κ3) is 5.61. The number of hydrogen-bond donors (Lipinski definition) is 2. The Bertz CT molecular complexity index is 1460. The van der Waals surface area contributed by atoms with E-state index in [1.165, 1.54) is 35.1 Å². The van der Waals surface area contributed by atoms with Crippen molar-refractivity contribution in [3.8, 4) is 33.8 Å². The van der Waals surface area contributed by atoms with E-state index in [1.807, 2.05) is 48.5 Å². The van der Waals surface area contributed by atoms with E-state index >= 15 is 0 Å². The van der Waals surface area contributed by atoms with Crippen LogP contribution in [0.1, 0.15) is 63.5 Å². The molecule has 0 spiro atoms. The second kappa shape index (κ2) is 11.4. The number of phenols is 2. The molecular formula is C39H40O2. The van der Waals surface area contributed by atoms with Gasteiger partial charge >= 0.3 is 0 Å². The van der Waals surface area contributed by atoms with E-state index in [2.05, 4.69) is 74.5 Å². The van der Waals surface area contributed by atoms with Crippen LogP contribution in [0.2, 0.25) is 0 Å². The van der Waals surface area contributed by atoms with Crippen LogP contribution in [-0.2, 0) is 0 Å². The highest BCUT2D eigenvalue weighted by molar-refractivity contribution is 5.78. The summed E-state index contributed by atoms with van der Waals surface area (Å²) in [6.45, 7) is 4.98. The molecule has 4 aromatic rings. The number of phenolic OH excluding ortho intramolecular Hbond substituents is 2. The van der Waals surface area contributed by atoms with Crippen molar-refractivity contribution in [3.05, 3.63) is 120 Å². The number of benzene rings is 4. The summed E-state index contributed by atoms with van der Waals surface area (Å²) in [6.07, 6.45) is 11.7. The van der Waals surface area contributed by atoms with Crippen LogP contribution < -0.4 is 0 Å². The minimum absolute atomic E-state index is 0.262. The van der Waals surface area contributed by atoms with Crippen molar-refractivity contribution < 1.29 is 10.2 Å². The van der Waals surface area contributed by atoms with Gasteiger partial charge in [-0.1, -0.05) is 98.8 Å². The fourth-order valence-electron chi connectivity index (χ4n) is 7.05. The summed E-state index contributed by atoms with van der Waals surface area (Å²) < 4.78 is 0. The zero-order chi connectivity index (χ0) is 28.4. The van der Waals surface area contributed by atoms with Gasteiger partial charge in [-0.3, -0.25) is 0 Å². The Labute approximate surface area is 244 Å². The largest absolute Gasteiger partial charge is 0.507 e. The molecule has 2 heteroatoms. The van der Waals surface area contributed by atoms with Gasteiger partial charge < -0.3 is 10.2 Å². The highest BCUT2D eigenvalue weighted by Crippen LogP contribution is 2.50. The van der Waals surface area contributed by atoms with Gasteiger partial charge in [0, 0.05) is 11.1 Å². The molecule has 2 nitrogen and oxygen atoms in total. The second-order valence-corrected chi connectivity index (χ2v) is 12.4. The summed E-state index contributed by atoms with van der Waals surface area (Å²) in [4.78, 5) is 0. The normalized spacial score (nSPS) is 19.4. The van der Waals surface area contributed by atoms with Crippen molar-refractivity contribution in [1.82, 2.24) is 0 Å². The Kier molecular flexibility index (Phi) is 7.58. The van der Waals surface area contributed by atoms with Crippen molar-refractivity contribution in [3.63, 3.8) is 0 Å². The molecule has 0 saturated heterocycles. The van der Waals surface area contributed by atoms with Gasteiger partial charge in [0.1, 0.15) is 11.5 Å². The third-order valence-corrected chi connectivity index (χ3v) is 9.83. The average molecular weight is 541 g/mol. The number of aromatic hydroxyl groups is 2. The summed E-state index contributed by atoms with van der Waals surface area (Å²) in [5.41, 5.74) is 9.44. The first kappa shape index (κ1) is 27.1. The molecule has 0 heterocycles. The Hall–Kier alpha value is -4.04. The van der Waals surface area contributed by atoms with Crippen LogP contribution in [0.3, 0.4) is 0 Å². The van der Waals surface area contributed by atoms with Crippen LogP contribution in [0.25, 0.3) is 33.4 Å². The van der Waals surface area contributed by atoms with E-state index in [4.69, 9.17) is 0 Å². The lowest BCUT2D eigenvalue weighted by molar-refractivity contribution is 0.0991. The molecule has 2 aliphatic rings.